The zero-order valence-corrected chi connectivity index (χ0v) is 17.2. The van der Waals surface area contributed by atoms with Crippen molar-refractivity contribution in [3.8, 4) is 22.9 Å². The number of rotatable bonds is 4. The highest BCUT2D eigenvalue weighted by Crippen LogP contribution is 2.37. The van der Waals surface area contributed by atoms with Crippen molar-refractivity contribution in [1.82, 2.24) is 9.55 Å². The Labute approximate surface area is 165 Å². The molecule has 0 radical (unpaired) electrons. The van der Waals surface area contributed by atoms with Gasteiger partial charge < -0.3 is 18.9 Å². The van der Waals surface area contributed by atoms with Crippen molar-refractivity contribution in [2.75, 3.05) is 33.2 Å². The van der Waals surface area contributed by atoms with Crippen LogP contribution < -0.4 is 14.4 Å². The number of imidazole rings is 1. The van der Waals surface area contributed by atoms with Crippen LogP contribution in [0.5, 0.6) is 11.5 Å². The molecular formula is C23H25N3O2. The number of aromatic nitrogens is 2. The summed E-state index contributed by atoms with van der Waals surface area (Å²) in [7, 11) is 9.49. The smallest absolute Gasteiger partial charge is 0.161 e. The molecule has 0 aliphatic heterocycles. The molecule has 0 aliphatic rings. The number of nitrogens with zero attached hydrogens (tertiary/aromatic N) is 3. The molecule has 0 atom stereocenters. The second-order valence-corrected chi connectivity index (χ2v) is 7.25. The van der Waals surface area contributed by atoms with E-state index in [1.165, 1.54) is 11.3 Å². The Hall–Kier alpha value is -3.21. The molecule has 0 aliphatic carbocycles. The molecule has 0 N–H and O–H groups in total. The van der Waals surface area contributed by atoms with E-state index in [1.807, 2.05) is 12.1 Å². The van der Waals surface area contributed by atoms with Gasteiger partial charge in [0.1, 0.15) is 5.82 Å². The maximum Gasteiger partial charge on any atom is 0.161 e. The Bertz CT molecular complexity index is 1190. The van der Waals surface area contributed by atoms with Crippen molar-refractivity contribution in [3.63, 3.8) is 0 Å². The number of hydrogen-bond acceptors (Lipinski definition) is 4. The first-order valence-corrected chi connectivity index (χ1v) is 9.24. The average Bonchev–Trinajstić information content (AvgIpc) is 3.03. The van der Waals surface area contributed by atoms with E-state index in [4.69, 9.17) is 14.5 Å². The van der Waals surface area contributed by atoms with Crippen LogP contribution in [0.4, 0.5) is 5.69 Å². The summed E-state index contributed by atoms with van der Waals surface area (Å²) >= 11 is 0. The minimum Gasteiger partial charge on any atom is -0.493 e. The Kier molecular flexibility index (Phi) is 4.38. The van der Waals surface area contributed by atoms with Crippen LogP contribution in [0.3, 0.4) is 0 Å². The number of benzene rings is 3. The van der Waals surface area contributed by atoms with Gasteiger partial charge in [0.25, 0.3) is 0 Å². The van der Waals surface area contributed by atoms with Crippen LogP contribution in [0.1, 0.15) is 5.56 Å². The summed E-state index contributed by atoms with van der Waals surface area (Å²) < 4.78 is 13.1. The molecule has 0 fully saturated rings. The third-order valence-corrected chi connectivity index (χ3v) is 5.31. The summed E-state index contributed by atoms with van der Waals surface area (Å²) in [5.74, 6) is 2.38. The van der Waals surface area contributed by atoms with Crippen molar-refractivity contribution in [1.29, 1.82) is 0 Å². The first kappa shape index (κ1) is 18.2. The second kappa shape index (κ2) is 6.75. The van der Waals surface area contributed by atoms with E-state index >= 15 is 0 Å². The Morgan fingerprint density at radius 1 is 0.929 bits per heavy atom. The number of anilines is 1. The van der Waals surface area contributed by atoms with Gasteiger partial charge in [-0.05, 0) is 54.3 Å². The lowest BCUT2D eigenvalue weighted by Crippen LogP contribution is -2.10. The van der Waals surface area contributed by atoms with Gasteiger partial charge in [0.05, 0.1) is 25.3 Å². The predicted molar refractivity (Wildman–Crippen MR) is 116 cm³/mol. The van der Waals surface area contributed by atoms with E-state index < -0.39 is 0 Å². The van der Waals surface area contributed by atoms with E-state index in [0.29, 0.717) is 5.75 Å². The van der Waals surface area contributed by atoms with Gasteiger partial charge in [-0.2, -0.15) is 0 Å². The average molecular weight is 375 g/mol. The van der Waals surface area contributed by atoms with Gasteiger partial charge in [-0.15, -0.1) is 0 Å². The van der Waals surface area contributed by atoms with Gasteiger partial charge in [0, 0.05) is 37.8 Å². The van der Waals surface area contributed by atoms with Crippen LogP contribution >= 0.6 is 0 Å². The standard InChI is InChI=1S/C23H25N3O2/c1-14-11-16(8-9-18(14)25(2)3)23-24-22-17-13-21(28-6)20(27-5)12-15(17)7-10-19(22)26(23)4/h7-13H,1-6H3. The fourth-order valence-electron chi connectivity index (χ4n) is 3.86. The fraction of sp³-hybridized carbons (Fsp3) is 0.261. The van der Waals surface area contributed by atoms with E-state index in [-0.39, 0.29) is 0 Å². The molecule has 4 rings (SSSR count). The lowest BCUT2D eigenvalue weighted by molar-refractivity contribution is 0.356. The highest BCUT2D eigenvalue weighted by Gasteiger charge is 2.15. The third kappa shape index (κ3) is 2.74. The molecule has 0 bridgehead atoms. The molecule has 1 heterocycles. The van der Waals surface area contributed by atoms with Crippen LogP contribution in [0.15, 0.2) is 42.5 Å². The largest absolute Gasteiger partial charge is 0.493 e. The van der Waals surface area contributed by atoms with Crippen molar-refractivity contribution >= 4 is 27.5 Å². The Balaban J connectivity index is 1.95. The Morgan fingerprint density at radius 3 is 2.29 bits per heavy atom. The maximum atomic E-state index is 5.50. The van der Waals surface area contributed by atoms with Crippen molar-refractivity contribution < 1.29 is 9.47 Å². The first-order chi connectivity index (χ1) is 13.4. The number of fused-ring (bicyclic) bond motifs is 3. The van der Waals surface area contributed by atoms with Crippen molar-refractivity contribution in [2.24, 2.45) is 7.05 Å². The van der Waals surface area contributed by atoms with E-state index in [2.05, 4.69) is 67.9 Å². The summed E-state index contributed by atoms with van der Waals surface area (Å²) in [4.78, 5) is 7.14. The van der Waals surface area contributed by atoms with E-state index in [1.54, 1.807) is 14.2 Å². The summed E-state index contributed by atoms with van der Waals surface area (Å²) in [6.45, 7) is 2.13. The molecule has 0 amide bonds. The first-order valence-electron chi connectivity index (χ1n) is 9.24. The molecule has 144 valence electrons. The summed E-state index contributed by atoms with van der Waals surface area (Å²) in [5.41, 5.74) is 5.60. The van der Waals surface area contributed by atoms with Crippen molar-refractivity contribution in [3.05, 3.63) is 48.0 Å². The van der Waals surface area contributed by atoms with Crippen molar-refractivity contribution in [2.45, 2.75) is 6.92 Å². The topological polar surface area (TPSA) is 39.5 Å². The van der Waals surface area contributed by atoms with Crippen LogP contribution in [-0.2, 0) is 7.05 Å². The highest BCUT2D eigenvalue weighted by molar-refractivity contribution is 6.06. The Morgan fingerprint density at radius 2 is 1.64 bits per heavy atom. The maximum absolute atomic E-state index is 5.50. The molecule has 0 unspecified atom stereocenters. The normalized spacial score (nSPS) is 11.2. The molecule has 5 heteroatoms. The van der Waals surface area contributed by atoms with Gasteiger partial charge >= 0.3 is 0 Å². The fourth-order valence-corrected chi connectivity index (χ4v) is 3.86. The minimum atomic E-state index is 0.709. The molecule has 0 saturated carbocycles. The molecule has 0 saturated heterocycles. The van der Waals surface area contributed by atoms with Crippen LogP contribution in [0.2, 0.25) is 0 Å². The molecule has 4 aromatic rings. The lowest BCUT2D eigenvalue weighted by Gasteiger charge is -2.16. The van der Waals surface area contributed by atoms with Crippen LogP contribution in [0.25, 0.3) is 33.2 Å². The molecule has 3 aromatic carbocycles. The van der Waals surface area contributed by atoms with Gasteiger partial charge in [-0.25, -0.2) is 4.98 Å². The van der Waals surface area contributed by atoms with Gasteiger partial charge in [-0.1, -0.05) is 6.07 Å². The summed E-state index contributed by atoms with van der Waals surface area (Å²) in [5, 5.41) is 2.13. The van der Waals surface area contributed by atoms with Gasteiger partial charge in [0.2, 0.25) is 0 Å². The zero-order chi connectivity index (χ0) is 20.0. The number of hydrogen-bond donors (Lipinski definition) is 0. The monoisotopic (exact) mass is 375 g/mol. The second-order valence-electron chi connectivity index (χ2n) is 7.25. The lowest BCUT2D eigenvalue weighted by atomic mass is 10.1. The van der Waals surface area contributed by atoms with E-state index in [9.17, 15) is 0 Å². The number of aryl methyl sites for hydroxylation is 2. The molecule has 0 spiro atoms. The van der Waals surface area contributed by atoms with Crippen LogP contribution in [0, 0.1) is 6.92 Å². The van der Waals surface area contributed by atoms with Crippen LogP contribution in [-0.4, -0.2) is 37.9 Å². The molecule has 1 aromatic heterocycles. The molecular weight excluding hydrogens is 350 g/mol. The third-order valence-electron chi connectivity index (χ3n) is 5.31. The summed E-state index contributed by atoms with van der Waals surface area (Å²) in [6, 6.07) is 14.7. The number of ether oxygens (including phenoxy) is 2. The highest BCUT2D eigenvalue weighted by atomic mass is 16.5. The molecule has 5 nitrogen and oxygen atoms in total. The predicted octanol–water partition coefficient (Wildman–Crippen LogP) is 4.79. The SMILES string of the molecule is COc1cc2ccc3c(nc(-c4ccc(N(C)C)c(C)c4)n3C)c2cc1OC. The minimum absolute atomic E-state index is 0.709. The molecule has 28 heavy (non-hydrogen) atoms. The quantitative estimate of drug-likeness (QED) is 0.514. The zero-order valence-electron chi connectivity index (χ0n) is 17.2. The summed E-state index contributed by atoms with van der Waals surface area (Å²) in [6.07, 6.45) is 0. The van der Waals surface area contributed by atoms with E-state index in [0.717, 1.165) is 38.9 Å². The number of methoxy groups -OCH3 is 2. The van der Waals surface area contributed by atoms with Gasteiger partial charge in [-0.3, -0.25) is 0 Å². The van der Waals surface area contributed by atoms with Gasteiger partial charge in [0.15, 0.2) is 11.5 Å².